The summed E-state index contributed by atoms with van der Waals surface area (Å²) in [5.74, 6) is 1.04. The number of para-hydroxylation sites is 2. The van der Waals surface area contributed by atoms with Gasteiger partial charge in [-0.2, -0.15) is 0 Å². The van der Waals surface area contributed by atoms with Gasteiger partial charge in [0.2, 0.25) is 5.91 Å². The van der Waals surface area contributed by atoms with Gasteiger partial charge in [-0.3, -0.25) is 4.79 Å². The van der Waals surface area contributed by atoms with Crippen LogP contribution in [0.2, 0.25) is 0 Å². The molecule has 1 aliphatic heterocycles. The number of sulfone groups is 1. The standard InChI is InChI=1S/C23H27N3O3S/c1-16(2)30(28,29)20-10-8-18(9-11-20)14-23(27)25-13-12-19(15-25)26-17(3)24-21-6-4-5-7-22(21)26/h4-11,16,19H,12-15H2,1-3H3/t19-/m0/s1. The Hall–Kier alpha value is -2.67. The van der Waals surface area contributed by atoms with Gasteiger partial charge >= 0.3 is 0 Å². The van der Waals surface area contributed by atoms with Gasteiger partial charge in [-0.25, -0.2) is 13.4 Å². The van der Waals surface area contributed by atoms with Crippen LogP contribution in [0.1, 0.15) is 37.7 Å². The number of aromatic nitrogens is 2. The van der Waals surface area contributed by atoms with Crippen molar-refractivity contribution in [2.45, 2.75) is 49.8 Å². The van der Waals surface area contributed by atoms with Gasteiger partial charge in [0.25, 0.3) is 0 Å². The number of rotatable bonds is 5. The zero-order chi connectivity index (χ0) is 21.5. The summed E-state index contributed by atoms with van der Waals surface area (Å²) in [5, 5.41) is -0.464. The number of nitrogens with zero attached hydrogens (tertiary/aromatic N) is 3. The highest BCUT2D eigenvalue weighted by Gasteiger charge is 2.29. The SMILES string of the molecule is Cc1nc2ccccc2n1[C@H]1CCN(C(=O)Cc2ccc(S(=O)(=O)C(C)C)cc2)C1. The first kappa shape index (κ1) is 20.6. The minimum atomic E-state index is -3.30. The molecule has 1 amide bonds. The molecule has 0 aliphatic carbocycles. The summed E-state index contributed by atoms with van der Waals surface area (Å²) < 4.78 is 26.8. The number of imidazole rings is 1. The molecule has 0 N–H and O–H groups in total. The first-order chi connectivity index (χ1) is 14.3. The molecule has 1 fully saturated rings. The molecule has 6 nitrogen and oxygen atoms in total. The molecule has 0 unspecified atom stereocenters. The van der Waals surface area contributed by atoms with Crippen LogP contribution in [0.25, 0.3) is 11.0 Å². The lowest BCUT2D eigenvalue weighted by Crippen LogP contribution is -2.30. The highest BCUT2D eigenvalue weighted by molar-refractivity contribution is 7.92. The molecule has 30 heavy (non-hydrogen) atoms. The minimum absolute atomic E-state index is 0.0686. The topological polar surface area (TPSA) is 72.3 Å². The number of aryl methyl sites for hydroxylation is 1. The lowest BCUT2D eigenvalue weighted by atomic mass is 10.1. The number of hydrogen-bond acceptors (Lipinski definition) is 4. The van der Waals surface area contributed by atoms with Gasteiger partial charge in [0.05, 0.1) is 33.6 Å². The number of carbonyl (C=O) groups is 1. The second-order valence-electron chi connectivity index (χ2n) is 8.21. The number of likely N-dealkylation sites (tertiary alicyclic amines) is 1. The Bertz CT molecular complexity index is 1180. The highest BCUT2D eigenvalue weighted by Crippen LogP contribution is 2.28. The largest absolute Gasteiger partial charge is 0.340 e. The number of hydrogen-bond donors (Lipinski definition) is 0. The second kappa shape index (κ2) is 7.87. The fraction of sp³-hybridized carbons (Fsp3) is 0.391. The molecule has 158 valence electrons. The Morgan fingerprint density at radius 1 is 1.13 bits per heavy atom. The second-order valence-corrected chi connectivity index (χ2v) is 10.7. The molecule has 0 radical (unpaired) electrons. The first-order valence-corrected chi connectivity index (χ1v) is 11.9. The van der Waals surface area contributed by atoms with Crippen molar-refractivity contribution in [2.24, 2.45) is 0 Å². The van der Waals surface area contributed by atoms with Gasteiger partial charge in [-0.1, -0.05) is 24.3 Å². The van der Waals surface area contributed by atoms with Gasteiger partial charge in [-0.15, -0.1) is 0 Å². The van der Waals surface area contributed by atoms with Crippen molar-refractivity contribution >= 4 is 26.8 Å². The Morgan fingerprint density at radius 2 is 1.83 bits per heavy atom. The molecule has 1 saturated heterocycles. The highest BCUT2D eigenvalue weighted by atomic mass is 32.2. The molecular weight excluding hydrogens is 398 g/mol. The lowest BCUT2D eigenvalue weighted by molar-refractivity contribution is -0.129. The number of benzene rings is 2. The van der Waals surface area contributed by atoms with Crippen LogP contribution in [-0.4, -0.2) is 47.1 Å². The molecule has 4 rings (SSSR count). The van der Waals surface area contributed by atoms with E-state index in [1.165, 1.54) is 0 Å². The summed E-state index contributed by atoms with van der Waals surface area (Å²) in [5.41, 5.74) is 2.92. The molecule has 1 aliphatic rings. The zero-order valence-corrected chi connectivity index (χ0v) is 18.4. The van der Waals surface area contributed by atoms with Crippen molar-refractivity contribution in [1.29, 1.82) is 0 Å². The Morgan fingerprint density at radius 3 is 2.53 bits per heavy atom. The number of fused-ring (bicyclic) bond motifs is 1. The first-order valence-electron chi connectivity index (χ1n) is 10.3. The maximum atomic E-state index is 12.9. The Balaban J connectivity index is 1.45. The normalized spacial score (nSPS) is 17.2. The molecule has 3 aromatic rings. The van der Waals surface area contributed by atoms with Crippen LogP contribution < -0.4 is 0 Å². The third kappa shape index (κ3) is 3.74. The van der Waals surface area contributed by atoms with Crippen LogP contribution in [0, 0.1) is 6.92 Å². The van der Waals surface area contributed by atoms with E-state index >= 15 is 0 Å². The molecule has 1 aromatic heterocycles. The maximum Gasteiger partial charge on any atom is 0.227 e. The van der Waals surface area contributed by atoms with Crippen LogP contribution in [0.4, 0.5) is 0 Å². The Labute approximate surface area is 177 Å². The van der Waals surface area contributed by atoms with Crippen LogP contribution in [0.5, 0.6) is 0 Å². The van der Waals surface area contributed by atoms with Crippen LogP contribution in [0.15, 0.2) is 53.4 Å². The lowest BCUT2D eigenvalue weighted by Gasteiger charge is -2.18. The smallest absolute Gasteiger partial charge is 0.227 e. The van der Waals surface area contributed by atoms with Crippen LogP contribution in [-0.2, 0) is 21.1 Å². The van der Waals surface area contributed by atoms with E-state index in [1.807, 2.05) is 30.0 Å². The molecular formula is C23H27N3O3S. The Kier molecular flexibility index (Phi) is 5.40. The van der Waals surface area contributed by atoms with Crippen molar-refractivity contribution in [2.75, 3.05) is 13.1 Å². The van der Waals surface area contributed by atoms with Crippen molar-refractivity contribution < 1.29 is 13.2 Å². The predicted molar refractivity (Wildman–Crippen MR) is 117 cm³/mol. The average molecular weight is 426 g/mol. The zero-order valence-electron chi connectivity index (χ0n) is 17.6. The maximum absolute atomic E-state index is 12.9. The van der Waals surface area contributed by atoms with Gasteiger partial charge in [0, 0.05) is 13.1 Å². The van der Waals surface area contributed by atoms with Gasteiger partial charge in [0.1, 0.15) is 5.82 Å². The molecule has 2 heterocycles. The summed E-state index contributed by atoms with van der Waals surface area (Å²) in [7, 11) is -3.30. The van der Waals surface area contributed by atoms with E-state index < -0.39 is 15.1 Å². The minimum Gasteiger partial charge on any atom is -0.340 e. The van der Waals surface area contributed by atoms with Gasteiger partial charge in [-0.05, 0) is 57.0 Å². The summed E-state index contributed by atoms with van der Waals surface area (Å²) in [4.78, 5) is 19.7. The van der Waals surface area contributed by atoms with Crippen molar-refractivity contribution in [3.8, 4) is 0 Å². The third-order valence-corrected chi connectivity index (χ3v) is 8.05. The van der Waals surface area contributed by atoms with Crippen molar-refractivity contribution in [3.63, 3.8) is 0 Å². The molecule has 0 bridgehead atoms. The average Bonchev–Trinajstić information content (AvgIpc) is 3.31. The number of amides is 1. The van der Waals surface area contributed by atoms with E-state index in [4.69, 9.17) is 0 Å². The van der Waals surface area contributed by atoms with E-state index in [1.54, 1.807) is 38.1 Å². The fourth-order valence-electron chi connectivity index (χ4n) is 4.16. The molecule has 1 atom stereocenters. The van der Waals surface area contributed by atoms with Gasteiger partial charge in [0.15, 0.2) is 9.84 Å². The summed E-state index contributed by atoms with van der Waals surface area (Å²) in [6.07, 6.45) is 1.18. The molecule has 2 aromatic carbocycles. The van der Waals surface area contributed by atoms with Crippen molar-refractivity contribution in [3.05, 3.63) is 59.9 Å². The number of carbonyl (C=O) groups excluding carboxylic acids is 1. The van der Waals surface area contributed by atoms with Crippen LogP contribution >= 0.6 is 0 Å². The fourth-order valence-corrected chi connectivity index (χ4v) is 5.22. The van der Waals surface area contributed by atoms with Crippen molar-refractivity contribution in [1.82, 2.24) is 14.5 Å². The van der Waals surface area contributed by atoms with Gasteiger partial charge < -0.3 is 9.47 Å². The summed E-state index contributed by atoms with van der Waals surface area (Å²) >= 11 is 0. The predicted octanol–water partition coefficient (Wildman–Crippen LogP) is 3.54. The van der Waals surface area contributed by atoms with E-state index in [2.05, 4.69) is 15.6 Å². The molecule has 7 heteroatoms. The molecule has 0 saturated carbocycles. The van der Waals surface area contributed by atoms with E-state index in [0.29, 0.717) is 11.4 Å². The third-order valence-electron chi connectivity index (χ3n) is 5.88. The summed E-state index contributed by atoms with van der Waals surface area (Å²) in [6, 6.07) is 15.0. The van der Waals surface area contributed by atoms with E-state index in [9.17, 15) is 13.2 Å². The van der Waals surface area contributed by atoms with Crippen LogP contribution in [0.3, 0.4) is 0 Å². The van der Waals surface area contributed by atoms with E-state index in [0.717, 1.165) is 35.4 Å². The quantitative estimate of drug-likeness (QED) is 0.627. The summed E-state index contributed by atoms with van der Waals surface area (Å²) in [6.45, 7) is 6.73. The monoisotopic (exact) mass is 425 g/mol. The molecule has 0 spiro atoms. The van der Waals surface area contributed by atoms with E-state index in [-0.39, 0.29) is 18.4 Å².